The van der Waals surface area contributed by atoms with Crippen LogP contribution in [-0.2, 0) is 0 Å². The third kappa shape index (κ3) is 5.41. The van der Waals surface area contributed by atoms with E-state index in [9.17, 15) is 4.39 Å². The summed E-state index contributed by atoms with van der Waals surface area (Å²) in [6, 6.07) is 15.7. The maximum Gasteiger partial charge on any atom is 0.123 e. The molecule has 0 aliphatic carbocycles. The highest BCUT2D eigenvalue weighted by molar-refractivity contribution is 5.50. The van der Waals surface area contributed by atoms with E-state index in [1.54, 1.807) is 19.2 Å². The van der Waals surface area contributed by atoms with Gasteiger partial charge in [0.2, 0.25) is 0 Å². The van der Waals surface area contributed by atoms with Crippen LogP contribution in [-0.4, -0.2) is 68.8 Å². The number of halogens is 1. The second-order valence-electron chi connectivity index (χ2n) is 8.23. The molecular weight excluding hydrogens is 377 g/mol. The van der Waals surface area contributed by atoms with E-state index >= 15 is 0 Å². The molecule has 2 aliphatic heterocycles. The normalized spacial score (nSPS) is 21.3. The van der Waals surface area contributed by atoms with Crippen LogP contribution in [0.2, 0.25) is 0 Å². The summed E-state index contributed by atoms with van der Waals surface area (Å²) < 4.78 is 18.4. The SMILES string of the molecule is COc1ccc(/C=C/CN2CCC[C@@H](N3CCN(c4ccc(F)cc4)CC3)C2)cc1. The molecule has 4 rings (SSSR count). The summed E-state index contributed by atoms with van der Waals surface area (Å²) in [7, 11) is 1.69. The van der Waals surface area contributed by atoms with E-state index < -0.39 is 0 Å². The minimum absolute atomic E-state index is 0.166. The van der Waals surface area contributed by atoms with Gasteiger partial charge in [0.05, 0.1) is 7.11 Å². The largest absolute Gasteiger partial charge is 0.497 e. The second-order valence-corrected chi connectivity index (χ2v) is 8.23. The number of rotatable bonds is 6. The first-order valence-electron chi connectivity index (χ1n) is 11.0. The third-order valence-corrected chi connectivity index (χ3v) is 6.29. The van der Waals surface area contributed by atoms with Crippen LogP contribution in [0.4, 0.5) is 10.1 Å². The Balaban J connectivity index is 1.24. The van der Waals surface area contributed by atoms with Crippen LogP contribution in [0.25, 0.3) is 6.08 Å². The first kappa shape index (κ1) is 20.9. The molecule has 0 amide bonds. The van der Waals surface area contributed by atoms with Crippen molar-refractivity contribution < 1.29 is 9.13 Å². The Morgan fingerprint density at radius 3 is 2.40 bits per heavy atom. The van der Waals surface area contributed by atoms with Gasteiger partial charge in [-0.2, -0.15) is 0 Å². The Bertz CT molecular complexity index is 813. The summed E-state index contributed by atoms with van der Waals surface area (Å²) in [5.74, 6) is 0.728. The Morgan fingerprint density at radius 2 is 1.70 bits per heavy atom. The highest BCUT2D eigenvalue weighted by Crippen LogP contribution is 2.21. The number of nitrogens with zero attached hydrogens (tertiary/aromatic N) is 3. The zero-order chi connectivity index (χ0) is 20.8. The molecule has 2 heterocycles. The molecule has 160 valence electrons. The van der Waals surface area contributed by atoms with Crippen molar-refractivity contribution >= 4 is 11.8 Å². The highest BCUT2D eigenvalue weighted by atomic mass is 19.1. The van der Waals surface area contributed by atoms with Gasteiger partial charge >= 0.3 is 0 Å². The molecule has 2 aliphatic rings. The molecular formula is C25H32FN3O. The lowest BCUT2D eigenvalue weighted by atomic mass is 10.0. The van der Waals surface area contributed by atoms with Gasteiger partial charge in [-0.1, -0.05) is 24.3 Å². The van der Waals surface area contributed by atoms with E-state index in [2.05, 4.69) is 39.0 Å². The number of benzene rings is 2. The molecule has 2 aromatic carbocycles. The van der Waals surface area contributed by atoms with Crippen LogP contribution in [0, 0.1) is 5.82 Å². The number of piperidine rings is 1. The quantitative estimate of drug-likeness (QED) is 0.714. The van der Waals surface area contributed by atoms with Gasteiger partial charge in [-0.25, -0.2) is 4.39 Å². The zero-order valence-corrected chi connectivity index (χ0v) is 17.8. The Labute approximate surface area is 179 Å². The number of hydrogen-bond acceptors (Lipinski definition) is 4. The number of ether oxygens (including phenoxy) is 1. The standard InChI is InChI=1S/C25H32FN3O/c1-30-25-12-6-21(7-13-25)4-2-14-27-15-3-5-24(20-27)29-18-16-28(17-19-29)23-10-8-22(26)9-11-23/h2,4,6-13,24H,3,5,14-20H2,1H3/b4-2+/t24-/m1/s1. The highest BCUT2D eigenvalue weighted by Gasteiger charge is 2.27. The fraction of sp³-hybridized carbons (Fsp3) is 0.440. The van der Waals surface area contributed by atoms with Crippen molar-refractivity contribution in [2.45, 2.75) is 18.9 Å². The third-order valence-electron chi connectivity index (χ3n) is 6.29. The first-order chi connectivity index (χ1) is 14.7. The van der Waals surface area contributed by atoms with Crippen LogP contribution in [0.3, 0.4) is 0 Å². The molecule has 0 radical (unpaired) electrons. The summed E-state index contributed by atoms with van der Waals surface area (Å²) in [5.41, 5.74) is 2.34. The number of likely N-dealkylation sites (tertiary alicyclic amines) is 1. The number of anilines is 1. The molecule has 0 bridgehead atoms. The van der Waals surface area contributed by atoms with Crippen molar-refractivity contribution in [3.63, 3.8) is 0 Å². The van der Waals surface area contributed by atoms with Crippen LogP contribution in [0.1, 0.15) is 18.4 Å². The predicted octanol–water partition coefficient (Wildman–Crippen LogP) is 4.13. The van der Waals surface area contributed by atoms with Crippen LogP contribution in [0.15, 0.2) is 54.6 Å². The van der Waals surface area contributed by atoms with Crippen LogP contribution in [0.5, 0.6) is 5.75 Å². The van der Waals surface area contributed by atoms with Crippen molar-refractivity contribution in [2.75, 3.05) is 57.8 Å². The van der Waals surface area contributed by atoms with Gasteiger partial charge in [0.15, 0.2) is 0 Å². The Hall–Kier alpha value is -2.37. The van der Waals surface area contributed by atoms with Gasteiger partial charge < -0.3 is 9.64 Å². The topological polar surface area (TPSA) is 19.0 Å². The molecule has 4 nitrogen and oxygen atoms in total. The molecule has 0 aromatic heterocycles. The molecule has 5 heteroatoms. The van der Waals surface area contributed by atoms with Crippen molar-refractivity contribution in [1.29, 1.82) is 0 Å². The monoisotopic (exact) mass is 409 g/mol. The van der Waals surface area contributed by atoms with Gasteiger partial charge in [-0.05, 0) is 61.3 Å². The van der Waals surface area contributed by atoms with Crippen molar-refractivity contribution in [3.05, 3.63) is 66.0 Å². The summed E-state index contributed by atoms with van der Waals surface area (Å²) >= 11 is 0. The second kappa shape index (κ2) is 10.1. The molecule has 2 aromatic rings. The van der Waals surface area contributed by atoms with Crippen LogP contribution >= 0.6 is 0 Å². The molecule has 0 unspecified atom stereocenters. The fourth-order valence-electron chi connectivity index (χ4n) is 4.55. The molecule has 2 saturated heterocycles. The van der Waals surface area contributed by atoms with Gasteiger partial charge in [0, 0.05) is 51.0 Å². The van der Waals surface area contributed by atoms with Crippen molar-refractivity contribution in [3.8, 4) is 5.75 Å². The van der Waals surface area contributed by atoms with E-state index in [4.69, 9.17) is 4.74 Å². The van der Waals surface area contributed by atoms with Gasteiger partial charge in [0.25, 0.3) is 0 Å². The number of piperazine rings is 1. The summed E-state index contributed by atoms with van der Waals surface area (Å²) in [4.78, 5) is 7.59. The number of hydrogen-bond donors (Lipinski definition) is 0. The molecule has 30 heavy (non-hydrogen) atoms. The van der Waals surface area contributed by atoms with E-state index in [-0.39, 0.29) is 5.82 Å². The molecule has 0 saturated carbocycles. The maximum atomic E-state index is 13.2. The van der Waals surface area contributed by atoms with Gasteiger partial charge in [-0.3, -0.25) is 9.80 Å². The van der Waals surface area contributed by atoms with E-state index in [1.807, 2.05) is 24.3 Å². The van der Waals surface area contributed by atoms with Crippen molar-refractivity contribution in [1.82, 2.24) is 9.80 Å². The zero-order valence-electron chi connectivity index (χ0n) is 17.8. The van der Waals surface area contributed by atoms with Gasteiger partial charge in [-0.15, -0.1) is 0 Å². The first-order valence-corrected chi connectivity index (χ1v) is 11.0. The lowest BCUT2D eigenvalue weighted by molar-refractivity contribution is 0.0991. The lowest BCUT2D eigenvalue weighted by Gasteiger charge is -2.43. The smallest absolute Gasteiger partial charge is 0.123 e. The lowest BCUT2D eigenvalue weighted by Crippen LogP contribution is -2.55. The van der Waals surface area contributed by atoms with Crippen molar-refractivity contribution in [2.24, 2.45) is 0 Å². The fourth-order valence-corrected chi connectivity index (χ4v) is 4.55. The molecule has 1 atom stereocenters. The minimum atomic E-state index is -0.166. The summed E-state index contributed by atoms with van der Waals surface area (Å²) in [6.45, 7) is 7.51. The minimum Gasteiger partial charge on any atom is -0.497 e. The molecule has 0 N–H and O–H groups in total. The predicted molar refractivity (Wildman–Crippen MR) is 122 cm³/mol. The van der Waals surface area contributed by atoms with E-state index in [0.717, 1.165) is 50.7 Å². The van der Waals surface area contributed by atoms with Gasteiger partial charge in [0.1, 0.15) is 11.6 Å². The Kier molecular flexibility index (Phi) is 7.03. The van der Waals surface area contributed by atoms with E-state index in [1.165, 1.54) is 24.9 Å². The summed E-state index contributed by atoms with van der Waals surface area (Å²) in [6.07, 6.45) is 7.02. The van der Waals surface area contributed by atoms with E-state index in [0.29, 0.717) is 6.04 Å². The Morgan fingerprint density at radius 1 is 0.967 bits per heavy atom. The summed E-state index contributed by atoms with van der Waals surface area (Å²) in [5, 5.41) is 0. The van der Waals surface area contributed by atoms with Crippen LogP contribution < -0.4 is 9.64 Å². The maximum absolute atomic E-state index is 13.2. The number of methoxy groups -OCH3 is 1. The molecule has 2 fully saturated rings. The molecule has 0 spiro atoms. The average Bonchev–Trinajstić information content (AvgIpc) is 2.80. The average molecular weight is 410 g/mol.